The molecule has 0 bridgehead atoms. The number of hydrogen-bond donors (Lipinski definition) is 2. The number of rotatable bonds is 5. The molecule has 4 heteroatoms. The zero-order chi connectivity index (χ0) is 12.2. The van der Waals surface area contributed by atoms with Gasteiger partial charge in [-0.1, -0.05) is 20.8 Å². The first-order valence-corrected chi connectivity index (χ1v) is 5.41. The summed E-state index contributed by atoms with van der Waals surface area (Å²) in [6.07, 6.45) is 1.07. The Hall–Kier alpha value is -1.29. The Balaban J connectivity index is 2.30. The average molecular weight is 225 g/mol. The molecule has 1 rings (SSSR count). The molecule has 1 heterocycles. The van der Waals surface area contributed by atoms with Crippen molar-refractivity contribution < 1.29 is 14.3 Å². The Labute approximate surface area is 95.7 Å². The molecule has 0 amide bonds. The largest absolute Gasteiger partial charge is 0.475 e. The van der Waals surface area contributed by atoms with E-state index < -0.39 is 5.97 Å². The summed E-state index contributed by atoms with van der Waals surface area (Å²) in [6, 6.07) is 3.16. The average Bonchev–Trinajstić information content (AvgIpc) is 2.59. The topological polar surface area (TPSA) is 62.5 Å². The van der Waals surface area contributed by atoms with Crippen LogP contribution in [-0.2, 0) is 6.54 Å². The Kier molecular flexibility index (Phi) is 4.12. The van der Waals surface area contributed by atoms with Crippen molar-refractivity contribution in [1.29, 1.82) is 0 Å². The van der Waals surface area contributed by atoms with Crippen molar-refractivity contribution in [2.45, 2.75) is 33.7 Å². The van der Waals surface area contributed by atoms with E-state index in [1.54, 1.807) is 6.07 Å². The zero-order valence-electron chi connectivity index (χ0n) is 10.0. The maximum absolute atomic E-state index is 10.6. The first-order valence-electron chi connectivity index (χ1n) is 5.41. The third kappa shape index (κ3) is 4.49. The summed E-state index contributed by atoms with van der Waals surface area (Å²) in [5.74, 6) is -0.375. The molecule has 0 spiro atoms. The van der Waals surface area contributed by atoms with Crippen LogP contribution >= 0.6 is 0 Å². The fourth-order valence-electron chi connectivity index (χ4n) is 1.26. The molecule has 4 nitrogen and oxygen atoms in total. The quantitative estimate of drug-likeness (QED) is 0.756. The van der Waals surface area contributed by atoms with Gasteiger partial charge in [0.1, 0.15) is 5.76 Å². The third-order valence-corrected chi connectivity index (χ3v) is 2.22. The highest BCUT2D eigenvalue weighted by molar-refractivity contribution is 5.84. The molecule has 0 saturated heterocycles. The first-order chi connectivity index (χ1) is 7.38. The van der Waals surface area contributed by atoms with Crippen LogP contribution in [0.1, 0.15) is 43.5 Å². The van der Waals surface area contributed by atoms with E-state index in [0.29, 0.717) is 17.7 Å². The van der Waals surface area contributed by atoms with Crippen LogP contribution < -0.4 is 5.32 Å². The van der Waals surface area contributed by atoms with Gasteiger partial charge in [0.2, 0.25) is 5.76 Å². The fourth-order valence-corrected chi connectivity index (χ4v) is 1.26. The molecular weight excluding hydrogens is 206 g/mol. The summed E-state index contributed by atoms with van der Waals surface area (Å²) < 4.78 is 5.12. The van der Waals surface area contributed by atoms with Crippen LogP contribution in [0.5, 0.6) is 0 Å². The predicted octanol–water partition coefficient (Wildman–Crippen LogP) is 2.50. The van der Waals surface area contributed by atoms with Crippen molar-refractivity contribution >= 4 is 5.97 Å². The van der Waals surface area contributed by atoms with Crippen LogP contribution in [0.4, 0.5) is 0 Å². The lowest BCUT2D eigenvalue weighted by atomic mass is 9.92. The molecule has 2 N–H and O–H groups in total. The lowest BCUT2D eigenvalue weighted by Crippen LogP contribution is -2.19. The molecule has 0 aliphatic carbocycles. The van der Waals surface area contributed by atoms with E-state index in [4.69, 9.17) is 9.52 Å². The first kappa shape index (κ1) is 12.8. The molecule has 0 fully saturated rings. The number of hydrogen-bond acceptors (Lipinski definition) is 3. The smallest absolute Gasteiger partial charge is 0.371 e. The molecule has 1 aromatic rings. The van der Waals surface area contributed by atoms with E-state index in [9.17, 15) is 4.79 Å². The van der Waals surface area contributed by atoms with E-state index >= 15 is 0 Å². The highest BCUT2D eigenvalue weighted by atomic mass is 16.4. The van der Waals surface area contributed by atoms with Crippen molar-refractivity contribution in [3.05, 3.63) is 23.7 Å². The Morgan fingerprint density at radius 3 is 2.62 bits per heavy atom. The second-order valence-electron chi connectivity index (χ2n) is 5.06. The van der Waals surface area contributed by atoms with E-state index in [0.717, 1.165) is 13.0 Å². The summed E-state index contributed by atoms with van der Waals surface area (Å²) in [5.41, 5.74) is 0.308. The highest BCUT2D eigenvalue weighted by Gasteiger charge is 2.10. The highest BCUT2D eigenvalue weighted by Crippen LogP contribution is 2.17. The Morgan fingerprint density at radius 1 is 1.44 bits per heavy atom. The summed E-state index contributed by atoms with van der Waals surface area (Å²) >= 11 is 0. The molecule has 1 aromatic heterocycles. The van der Waals surface area contributed by atoms with Gasteiger partial charge < -0.3 is 14.8 Å². The zero-order valence-corrected chi connectivity index (χ0v) is 10.0. The maximum Gasteiger partial charge on any atom is 0.371 e. The predicted molar refractivity (Wildman–Crippen MR) is 61.4 cm³/mol. The Morgan fingerprint density at radius 2 is 2.12 bits per heavy atom. The molecule has 90 valence electrons. The SMILES string of the molecule is CC(C)(C)CCNCc1ccc(C(=O)O)o1. The van der Waals surface area contributed by atoms with Gasteiger partial charge in [-0.15, -0.1) is 0 Å². The number of aromatic carboxylic acids is 1. The van der Waals surface area contributed by atoms with E-state index in [2.05, 4.69) is 26.1 Å². The lowest BCUT2D eigenvalue weighted by molar-refractivity contribution is 0.0660. The molecular formula is C12H19NO3. The van der Waals surface area contributed by atoms with Crippen LogP contribution in [-0.4, -0.2) is 17.6 Å². The van der Waals surface area contributed by atoms with Gasteiger partial charge in [0.25, 0.3) is 0 Å². The van der Waals surface area contributed by atoms with Crippen molar-refractivity contribution in [1.82, 2.24) is 5.32 Å². The molecule has 0 radical (unpaired) electrons. The summed E-state index contributed by atoms with van der Waals surface area (Å²) in [6.45, 7) is 8.02. The molecule has 0 unspecified atom stereocenters. The second-order valence-corrected chi connectivity index (χ2v) is 5.06. The van der Waals surface area contributed by atoms with E-state index in [1.165, 1.54) is 6.07 Å². The second kappa shape index (κ2) is 5.16. The van der Waals surface area contributed by atoms with Gasteiger partial charge in [-0.2, -0.15) is 0 Å². The Bertz CT molecular complexity index is 349. The van der Waals surface area contributed by atoms with Crippen molar-refractivity contribution in [3.8, 4) is 0 Å². The van der Waals surface area contributed by atoms with E-state index in [-0.39, 0.29) is 5.76 Å². The van der Waals surface area contributed by atoms with Crippen molar-refractivity contribution in [2.75, 3.05) is 6.54 Å². The van der Waals surface area contributed by atoms with Crippen LogP contribution in [0.15, 0.2) is 16.5 Å². The third-order valence-electron chi connectivity index (χ3n) is 2.22. The molecule has 0 saturated carbocycles. The summed E-state index contributed by atoms with van der Waals surface area (Å²) in [5, 5.41) is 11.9. The van der Waals surface area contributed by atoms with E-state index in [1.807, 2.05) is 0 Å². The van der Waals surface area contributed by atoms with Gasteiger partial charge in [0.15, 0.2) is 0 Å². The van der Waals surface area contributed by atoms with Crippen LogP contribution in [0, 0.1) is 5.41 Å². The normalized spacial score (nSPS) is 11.7. The molecule has 0 atom stereocenters. The molecule has 0 aliphatic heterocycles. The van der Waals surface area contributed by atoms with Gasteiger partial charge in [0.05, 0.1) is 6.54 Å². The number of carboxylic acids is 1. The monoisotopic (exact) mass is 225 g/mol. The van der Waals surface area contributed by atoms with Gasteiger partial charge in [-0.3, -0.25) is 0 Å². The number of nitrogens with one attached hydrogen (secondary N) is 1. The van der Waals surface area contributed by atoms with Gasteiger partial charge in [-0.05, 0) is 30.5 Å². The standard InChI is InChI=1S/C12H19NO3/c1-12(2,3)6-7-13-8-9-4-5-10(16-9)11(14)15/h4-5,13H,6-8H2,1-3H3,(H,14,15). The van der Waals surface area contributed by atoms with Crippen LogP contribution in [0.2, 0.25) is 0 Å². The van der Waals surface area contributed by atoms with Crippen molar-refractivity contribution in [2.24, 2.45) is 5.41 Å². The van der Waals surface area contributed by atoms with Crippen molar-refractivity contribution in [3.63, 3.8) is 0 Å². The molecule has 16 heavy (non-hydrogen) atoms. The maximum atomic E-state index is 10.6. The number of carbonyl (C=O) groups is 1. The van der Waals surface area contributed by atoms with Crippen LogP contribution in [0.25, 0.3) is 0 Å². The fraction of sp³-hybridized carbons (Fsp3) is 0.583. The number of carboxylic acid groups (broad SMARTS) is 1. The van der Waals surface area contributed by atoms with Gasteiger partial charge >= 0.3 is 5.97 Å². The molecule has 0 aliphatic rings. The minimum Gasteiger partial charge on any atom is -0.475 e. The summed E-state index contributed by atoms with van der Waals surface area (Å²) in [7, 11) is 0. The minimum atomic E-state index is -1.03. The lowest BCUT2D eigenvalue weighted by Gasteiger charge is -2.17. The van der Waals surface area contributed by atoms with Gasteiger partial charge in [-0.25, -0.2) is 4.79 Å². The minimum absolute atomic E-state index is 0.00683. The van der Waals surface area contributed by atoms with Gasteiger partial charge in [0, 0.05) is 0 Å². The van der Waals surface area contributed by atoms with Crippen LogP contribution in [0.3, 0.4) is 0 Å². The molecule has 0 aromatic carbocycles. The summed E-state index contributed by atoms with van der Waals surface area (Å²) in [4.78, 5) is 10.6. The number of furan rings is 1.